The molecule has 3 rings (SSSR count). The van der Waals surface area contributed by atoms with Crippen LogP contribution in [0.1, 0.15) is 16.6 Å². The summed E-state index contributed by atoms with van der Waals surface area (Å²) in [5, 5.41) is 5.97. The third kappa shape index (κ3) is 3.27. The molecule has 0 aliphatic rings. The van der Waals surface area contributed by atoms with Gasteiger partial charge in [-0.15, -0.1) is 11.3 Å². The van der Waals surface area contributed by atoms with E-state index >= 15 is 0 Å². The van der Waals surface area contributed by atoms with Gasteiger partial charge in [0.1, 0.15) is 0 Å². The van der Waals surface area contributed by atoms with E-state index in [1.165, 1.54) is 29.6 Å². The predicted octanol–water partition coefficient (Wildman–Crippen LogP) is 4.22. The number of fused-ring (bicyclic) bond motifs is 1. The number of thiazole rings is 1. The average molecular weight is 352 g/mol. The van der Waals surface area contributed by atoms with Gasteiger partial charge in [0.15, 0.2) is 5.13 Å². The van der Waals surface area contributed by atoms with Crippen molar-refractivity contribution in [3.63, 3.8) is 0 Å². The molecule has 0 aliphatic heterocycles. The second kappa shape index (κ2) is 6.04. The van der Waals surface area contributed by atoms with Crippen LogP contribution in [0.5, 0.6) is 0 Å². The van der Waals surface area contributed by atoms with Gasteiger partial charge in [-0.05, 0) is 30.3 Å². The molecule has 0 fully saturated rings. The summed E-state index contributed by atoms with van der Waals surface area (Å²) < 4.78 is 1.44. The van der Waals surface area contributed by atoms with E-state index in [-0.39, 0.29) is 11.8 Å². The van der Waals surface area contributed by atoms with Gasteiger partial charge in [-0.2, -0.15) is 0 Å². The first kappa shape index (κ1) is 15.0. The molecular formula is C14H10ClN3O2S2. The molecule has 2 N–H and O–H groups in total. The van der Waals surface area contributed by atoms with E-state index in [9.17, 15) is 9.59 Å². The number of hydrogen-bond donors (Lipinski definition) is 2. The molecule has 22 heavy (non-hydrogen) atoms. The standard InChI is InChI=1S/C14H10ClN3O2S2/c1-7(19)16-8-2-3-9-11(6-8)22-14(17-9)18-13(20)10-4-5-12(15)21-10/h2-6H,1H3,(H,16,19)(H,17,18,20). The molecule has 0 spiro atoms. The first-order valence-electron chi connectivity index (χ1n) is 6.26. The Labute approximate surface area is 138 Å². The highest BCUT2D eigenvalue weighted by Gasteiger charge is 2.12. The Bertz CT molecular complexity index is 872. The quantitative estimate of drug-likeness (QED) is 0.742. The number of carbonyl (C=O) groups is 2. The molecular weight excluding hydrogens is 342 g/mol. The lowest BCUT2D eigenvalue weighted by Crippen LogP contribution is -2.09. The number of rotatable bonds is 3. The lowest BCUT2D eigenvalue weighted by Gasteiger charge is -1.99. The molecule has 0 bridgehead atoms. The zero-order chi connectivity index (χ0) is 15.7. The number of benzene rings is 1. The molecule has 0 radical (unpaired) electrons. The highest BCUT2D eigenvalue weighted by Crippen LogP contribution is 2.29. The maximum atomic E-state index is 12.1. The van der Waals surface area contributed by atoms with Crippen molar-refractivity contribution in [2.75, 3.05) is 10.6 Å². The van der Waals surface area contributed by atoms with Crippen molar-refractivity contribution in [3.05, 3.63) is 39.5 Å². The van der Waals surface area contributed by atoms with Crippen molar-refractivity contribution >= 4 is 67.1 Å². The summed E-state index contributed by atoms with van der Waals surface area (Å²) in [4.78, 5) is 28.0. The minimum Gasteiger partial charge on any atom is -0.326 e. The highest BCUT2D eigenvalue weighted by molar-refractivity contribution is 7.22. The molecule has 0 aliphatic carbocycles. The number of anilines is 2. The molecule has 0 atom stereocenters. The summed E-state index contributed by atoms with van der Waals surface area (Å²) in [6.07, 6.45) is 0. The largest absolute Gasteiger partial charge is 0.326 e. The minimum atomic E-state index is -0.238. The van der Waals surface area contributed by atoms with Crippen LogP contribution in [0.3, 0.4) is 0 Å². The Morgan fingerprint density at radius 2 is 1.95 bits per heavy atom. The van der Waals surface area contributed by atoms with E-state index in [4.69, 9.17) is 11.6 Å². The lowest BCUT2D eigenvalue weighted by atomic mass is 10.3. The van der Waals surface area contributed by atoms with Crippen LogP contribution in [0.25, 0.3) is 10.2 Å². The van der Waals surface area contributed by atoms with E-state index in [0.717, 1.165) is 10.2 Å². The van der Waals surface area contributed by atoms with E-state index in [1.54, 1.807) is 24.3 Å². The van der Waals surface area contributed by atoms with Gasteiger partial charge in [-0.3, -0.25) is 14.9 Å². The molecule has 5 nitrogen and oxygen atoms in total. The van der Waals surface area contributed by atoms with E-state index in [0.29, 0.717) is 20.0 Å². The SMILES string of the molecule is CC(=O)Nc1ccc2nc(NC(=O)c3ccc(Cl)s3)sc2c1. The van der Waals surface area contributed by atoms with E-state index in [1.807, 2.05) is 6.07 Å². The normalized spacial score (nSPS) is 10.6. The summed E-state index contributed by atoms with van der Waals surface area (Å²) in [6, 6.07) is 8.75. The number of hydrogen-bond acceptors (Lipinski definition) is 5. The van der Waals surface area contributed by atoms with E-state index < -0.39 is 0 Å². The first-order chi connectivity index (χ1) is 10.5. The molecule has 2 aromatic heterocycles. The van der Waals surface area contributed by atoms with Gasteiger partial charge in [0.25, 0.3) is 5.91 Å². The van der Waals surface area contributed by atoms with Crippen molar-refractivity contribution in [3.8, 4) is 0 Å². The van der Waals surface area contributed by atoms with Crippen molar-refractivity contribution in [2.24, 2.45) is 0 Å². The second-order valence-electron chi connectivity index (χ2n) is 4.44. The fourth-order valence-electron chi connectivity index (χ4n) is 1.85. The van der Waals surface area contributed by atoms with Crippen molar-refractivity contribution in [1.82, 2.24) is 4.98 Å². The number of amides is 2. The summed E-state index contributed by atoms with van der Waals surface area (Å²) in [7, 11) is 0. The maximum absolute atomic E-state index is 12.1. The van der Waals surface area contributed by atoms with Crippen molar-refractivity contribution in [1.29, 1.82) is 0 Å². The molecule has 2 heterocycles. The van der Waals surface area contributed by atoms with E-state index in [2.05, 4.69) is 15.6 Å². The van der Waals surface area contributed by atoms with Gasteiger partial charge in [0, 0.05) is 12.6 Å². The fraction of sp³-hybridized carbons (Fsp3) is 0.0714. The molecule has 2 amide bonds. The monoisotopic (exact) mass is 351 g/mol. The number of aromatic nitrogens is 1. The molecule has 0 unspecified atom stereocenters. The summed E-state index contributed by atoms with van der Waals surface area (Å²) in [6.45, 7) is 1.45. The van der Waals surface area contributed by atoms with Gasteiger partial charge in [-0.25, -0.2) is 4.98 Å². The van der Waals surface area contributed by atoms with Crippen LogP contribution in [0.2, 0.25) is 4.34 Å². The summed E-state index contributed by atoms with van der Waals surface area (Å²) in [5.74, 6) is -0.370. The van der Waals surface area contributed by atoms with Gasteiger partial charge < -0.3 is 5.32 Å². The average Bonchev–Trinajstić information content (AvgIpc) is 3.03. The van der Waals surface area contributed by atoms with Gasteiger partial charge >= 0.3 is 0 Å². The maximum Gasteiger partial charge on any atom is 0.267 e. The Balaban J connectivity index is 1.82. The van der Waals surface area contributed by atoms with Crippen LogP contribution in [-0.2, 0) is 4.79 Å². The number of thiophene rings is 1. The fourth-order valence-corrected chi connectivity index (χ4v) is 3.69. The number of nitrogens with one attached hydrogen (secondary N) is 2. The Morgan fingerprint density at radius 3 is 2.64 bits per heavy atom. The summed E-state index contributed by atoms with van der Waals surface area (Å²) >= 11 is 8.38. The number of carbonyl (C=O) groups excluding carboxylic acids is 2. The van der Waals surface area contributed by atoms with Crippen LogP contribution in [0, 0.1) is 0 Å². The van der Waals surface area contributed by atoms with Gasteiger partial charge in [-0.1, -0.05) is 22.9 Å². The second-order valence-corrected chi connectivity index (χ2v) is 7.19. The molecule has 0 saturated carbocycles. The molecule has 1 aromatic carbocycles. The van der Waals surface area contributed by atoms with Crippen molar-refractivity contribution in [2.45, 2.75) is 6.92 Å². The van der Waals surface area contributed by atoms with Crippen LogP contribution in [-0.4, -0.2) is 16.8 Å². The Morgan fingerprint density at radius 1 is 1.14 bits per heavy atom. The smallest absolute Gasteiger partial charge is 0.267 e. The van der Waals surface area contributed by atoms with Crippen LogP contribution in [0.4, 0.5) is 10.8 Å². The van der Waals surface area contributed by atoms with Gasteiger partial charge in [0.2, 0.25) is 5.91 Å². The van der Waals surface area contributed by atoms with Crippen LogP contribution >= 0.6 is 34.3 Å². The molecule has 112 valence electrons. The Hall–Kier alpha value is -1.96. The lowest BCUT2D eigenvalue weighted by molar-refractivity contribution is -0.114. The highest BCUT2D eigenvalue weighted by atomic mass is 35.5. The molecule has 0 saturated heterocycles. The van der Waals surface area contributed by atoms with Crippen molar-refractivity contribution < 1.29 is 9.59 Å². The zero-order valence-corrected chi connectivity index (χ0v) is 13.7. The topological polar surface area (TPSA) is 71.1 Å². The zero-order valence-electron chi connectivity index (χ0n) is 11.3. The molecule has 8 heteroatoms. The number of nitrogens with zero attached hydrogens (tertiary/aromatic N) is 1. The third-order valence-electron chi connectivity index (χ3n) is 2.73. The molecule has 3 aromatic rings. The Kier molecular flexibility index (Phi) is 4.10. The third-order valence-corrected chi connectivity index (χ3v) is 4.89. The summed E-state index contributed by atoms with van der Waals surface area (Å²) in [5.41, 5.74) is 1.46. The predicted molar refractivity (Wildman–Crippen MR) is 91.2 cm³/mol. The number of halogens is 1. The van der Waals surface area contributed by atoms with Gasteiger partial charge in [0.05, 0.1) is 19.4 Å². The van der Waals surface area contributed by atoms with Crippen LogP contribution in [0.15, 0.2) is 30.3 Å². The van der Waals surface area contributed by atoms with Crippen LogP contribution < -0.4 is 10.6 Å². The minimum absolute atomic E-state index is 0.132. The first-order valence-corrected chi connectivity index (χ1v) is 8.27.